The van der Waals surface area contributed by atoms with Crippen molar-refractivity contribution in [3.8, 4) is 5.75 Å². The first-order valence-electron chi connectivity index (χ1n) is 11.3. The molecular weight excluding hydrogens is 358 g/mol. The van der Waals surface area contributed by atoms with E-state index in [-0.39, 0.29) is 0 Å². The highest BCUT2D eigenvalue weighted by molar-refractivity contribution is 5.49. The van der Waals surface area contributed by atoms with Crippen molar-refractivity contribution in [2.45, 2.75) is 32.2 Å². The zero-order valence-corrected chi connectivity index (χ0v) is 17.6. The highest BCUT2D eigenvalue weighted by atomic mass is 16.5. The molecule has 4 heteroatoms. The van der Waals surface area contributed by atoms with Crippen molar-refractivity contribution in [1.82, 2.24) is 9.80 Å². The number of piperidine rings is 1. The van der Waals surface area contributed by atoms with Gasteiger partial charge in [-0.2, -0.15) is 0 Å². The molecular formula is C25H35N3O. The molecule has 2 aromatic carbocycles. The monoisotopic (exact) mass is 393 g/mol. The number of likely N-dealkylation sites (tertiary alicyclic amines) is 1. The first kappa shape index (κ1) is 20.2. The number of ether oxygens (including phenoxy) is 1. The minimum atomic E-state index is 0.813. The molecule has 0 aromatic heterocycles. The quantitative estimate of drug-likeness (QED) is 0.624. The van der Waals surface area contributed by atoms with Crippen LogP contribution in [0.3, 0.4) is 0 Å². The number of benzene rings is 2. The molecule has 156 valence electrons. The number of nitrogens with zero attached hydrogens (tertiary/aromatic N) is 3. The molecule has 2 aliphatic rings. The number of piperazine rings is 1. The lowest BCUT2D eigenvalue weighted by Gasteiger charge is -2.36. The summed E-state index contributed by atoms with van der Waals surface area (Å²) in [7, 11) is 0. The highest BCUT2D eigenvalue weighted by Gasteiger charge is 2.17. The summed E-state index contributed by atoms with van der Waals surface area (Å²) in [6, 6.07) is 19.5. The average Bonchev–Trinajstić information content (AvgIpc) is 2.79. The fourth-order valence-electron chi connectivity index (χ4n) is 4.42. The second-order valence-electron chi connectivity index (χ2n) is 8.35. The number of hydrogen-bond acceptors (Lipinski definition) is 4. The Kier molecular flexibility index (Phi) is 7.44. The second-order valence-corrected chi connectivity index (χ2v) is 8.35. The molecule has 0 N–H and O–H groups in total. The van der Waals surface area contributed by atoms with Crippen molar-refractivity contribution in [3.63, 3.8) is 0 Å². The van der Waals surface area contributed by atoms with E-state index in [1.54, 1.807) is 0 Å². The normalized spacial score (nSPS) is 18.7. The van der Waals surface area contributed by atoms with Gasteiger partial charge in [0.15, 0.2) is 0 Å². The van der Waals surface area contributed by atoms with Crippen LogP contribution in [0.1, 0.15) is 31.2 Å². The summed E-state index contributed by atoms with van der Waals surface area (Å²) < 4.78 is 5.97. The van der Waals surface area contributed by atoms with E-state index in [0.717, 1.165) is 51.5 Å². The Balaban J connectivity index is 1.16. The molecule has 0 amide bonds. The Morgan fingerprint density at radius 3 is 2.14 bits per heavy atom. The molecule has 0 bridgehead atoms. The van der Waals surface area contributed by atoms with Gasteiger partial charge >= 0.3 is 0 Å². The Morgan fingerprint density at radius 1 is 0.690 bits per heavy atom. The second kappa shape index (κ2) is 10.7. The van der Waals surface area contributed by atoms with Crippen LogP contribution in [0.2, 0.25) is 0 Å². The lowest BCUT2D eigenvalue weighted by molar-refractivity contribution is 0.205. The maximum Gasteiger partial charge on any atom is 0.119 e. The van der Waals surface area contributed by atoms with Crippen LogP contribution in [0, 0.1) is 0 Å². The van der Waals surface area contributed by atoms with Crippen LogP contribution in [0.4, 0.5) is 5.69 Å². The topological polar surface area (TPSA) is 19.0 Å². The minimum Gasteiger partial charge on any atom is -0.494 e. The van der Waals surface area contributed by atoms with Crippen LogP contribution in [0.25, 0.3) is 0 Å². The zero-order valence-electron chi connectivity index (χ0n) is 17.6. The molecule has 2 aromatic rings. The lowest BCUT2D eigenvalue weighted by atomic mass is 10.1. The molecule has 0 saturated carbocycles. The molecule has 0 atom stereocenters. The number of anilines is 1. The predicted octanol–water partition coefficient (Wildman–Crippen LogP) is 4.26. The first-order chi connectivity index (χ1) is 14.4. The summed E-state index contributed by atoms with van der Waals surface area (Å²) >= 11 is 0. The fourth-order valence-corrected chi connectivity index (χ4v) is 4.42. The van der Waals surface area contributed by atoms with Gasteiger partial charge in [0.1, 0.15) is 5.75 Å². The van der Waals surface area contributed by atoms with Gasteiger partial charge in [0, 0.05) is 45.0 Å². The van der Waals surface area contributed by atoms with E-state index in [2.05, 4.69) is 69.3 Å². The Labute approximate surface area is 176 Å². The van der Waals surface area contributed by atoms with Crippen molar-refractivity contribution in [2.24, 2.45) is 0 Å². The van der Waals surface area contributed by atoms with Crippen LogP contribution in [-0.4, -0.2) is 62.2 Å². The summed E-state index contributed by atoms with van der Waals surface area (Å²) in [5, 5.41) is 0. The smallest absolute Gasteiger partial charge is 0.119 e. The molecule has 2 aliphatic heterocycles. The van der Waals surface area contributed by atoms with E-state index in [9.17, 15) is 0 Å². The van der Waals surface area contributed by atoms with E-state index in [4.69, 9.17) is 4.74 Å². The van der Waals surface area contributed by atoms with Gasteiger partial charge in [-0.25, -0.2) is 0 Å². The Hall–Kier alpha value is -2.04. The Morgan fingerprint density at radius 2 is 1.41 bits per heavy atom. The molecule has 29 heavy (non-hydrogen) atoms. The van der Waals surface area contributed by atoms with E-state index >= 15 is 0 Å². The lowest BCUT2D eigenvalue weighted by Crippen LogP contribution is -2.45. The van der Waals surface area contributed by atoms with E-state index < -0.39 is 0 Å². The van der Waals surface area contributed by atoms with Gasteiger partial charge in [0.05, 0.1) is 6.61 Å². The summed E-state index contributed by atoms with van der Waals surface area (Å²) in [5.74, 6) is 0.995. The van der Waals surface area contributed by atoms with Gasteiger partial charge in [0.25, 0.3) is 0 Å². The van der Waals surface area contributed by atoms with Crippen LogP contribution in [0.5, 0.6) is 5.75 Å². The molecule has 0 radical (unpaired) electrons. The Bertz CT molecular complexity index is 705. The summed E-state index contributed by atoms with van der Waals surface area (Å²) in [4.78, 5) is 7.61. The van der Waals surface area contributed by atoms with Gasteiger partial charge < -0.3 is 14.5 Å². The van der Waals surface area contributed by atoms with Crippen molar-refractivity contribution in [2.75, 3.05) is 57.3 Å². The van der Waals surface area contributed by atoms with Gasteiger partial charge in [-0.15, -0.1) is 0 Å². The molecule has 2 fully saturated rings. The molecule has 0 aliphatic carbocycles. The van der Waals surface area contributed by atoms with Gasteiger partial charge in [-0.05, 0) is 62.2 Å². The first-order valence-corrected chi connectivity index (χ1v) is 11.3. The molecule has 0 unspecified atom stereocenters. The van der Waals surface area contributed by atoms with Crippen LogP contribution in [0.15, 0.2) is 54.6 Å². The summed E-state index contributed by atoms with van der Waals surface area (Å²) in [6.45, 7) is 9.98. The molecule has 4 nitrogen and oxygen atoms in total. The van der Waals surface area contributed by atoms with Crippen LogP contribution >= 0.6 is 0 Å². The maximum atomic E-state index is 5.97. The van der Waals surface area contributed by atoms with Crippen molar-refractivity contribution >= 4 is 5.69 Å². The van der Waals surface area contributed by atoms with Crippen molar-refractivity contribution in [1.29, 1.82) is 0 Å². The largest absolute Gasteiger partial charge is 0.494 e. The third-order valence-electron chi connectivity index (χ3n) is 6.16. The van der Waals surface area contributed by atoms with E-state index in [1.807, 2.05) is 0 Å². The number of rotatable bonds is 8. The van der Waals surface area contributed by atoms with Crippen molar-refractivity contribution < 1.29 is 4.74 Å². The fraction of sp³-hybridized carbons (Fsp3) is 0.520. The minimum absolute atomic E-state index is 0.813. The van der Waals surface area contributed by atoms with Gasteiger partial charge in [-0.1, -0.05) is 36.8 Å². The van der Waals surface area contributed by atoms with Crippen molar-refractivity contribution in [3.05, 3.63) is 60.2 Å². The third-order valence-corrected chi connectivity index (χ3v) is 6.16. The summed E-state index contributed by atoms with van der Waals surface area (Å²) in [6.07, 6.45) is 5.25. The third kappa shape index (κ3) is 6.22. The molecule has 4 rings (SSSR count). The summed E-state index contributed by atoms with van der Waals surface area (Å²) in [5.41, 5.74) is 2.72. The van der Waals surface area contributed by atoms with E-state index in [0.29, 0.717) is 0 Å². The predicted molar refractivity (Wildman–Crippen MR) is 121 cm³/mol. The van der Waals surface area contributed by atoms with E-state index in [1.165, 1.54) is 50.1 Å². The highest BCUT2D eigenvalue weighted by Crippen LogP contribution is 2.21. The zero-order chi connectivity index (χ0) is 19.7. The van der Waals surface area contributed by atoms with Crippen LogP contribution in [-0.2, 0) is 6.54 Å². The molecule has 0 spiro atoms. The average molecular weight is 394 g/mol. The van der Waals surface area contributed by atoms with Gasteiger partial charge in [-0.3, -0.25) is 4.90 Å². The number of hydrogen-bond donors (Lipinski definition) is 0. The molecule has 2 saturated heterocycles. The maximum absolute atomic E-state index is 5.97. The standard InChI is InChI=1S/C25H35N3O/c1-3-8-23(9-4-1)22-27-17-19-28(20-18-27)24-10-12-25(13-11-24)29-21-7-16-26-14-5-2-6-15-26/h1,3-4,8-13H,2,5-7,14-22H2. The van der Waals surface area contributed by atoms with Gasteiger partial charge in [0.2, 0.25) is 0 Å². The van der Waals surface area contributed by atoms with Crippen LogP contribution < -0.4 is 9.64 Å². The molecule has 2 heterocycles. The SMILES string of the molecule is c1ccc(CN2CCN(c3ccc(OCCCN4CCCCC4)cc3)CC2)cc1.